The van der Waals surface area contributed by atoms with Crippen molar-refractivity contribution in [3.05, 3.63) is 231 Å². The number of fused-ring (bicyclic) bond motifs is 6. The highest BCUT2D eigenvalue weighted by Gasteiger charge is 2.19. The fourth-order valence-corrected chi connectivity index (χ4v) is 9.22. The van der Waals surface area contributed by atoms with Gasteiger partial charge in [0.15, 0.2) is 5.82 Å². The van der Waals surface area contributed by atoms with Crippen molar-refractivity contribution in [3.63, 3.8) is 0 Å². The first kappa shape index (κ1) is 36.4. The summed E-state index contributed by atoms with van der Waals surface area (Å²) in [5, 5.41) is 5.92. The van der Waals surface area contributed by atoms with E-state index in [1.807, 2.05) is 6.07 Å². The molecule has 0 amide bonds. The van der Waals surface area contributed by atoms with Gasteiger partial charge in [0.05, 0.1) is 33.6 Å². The van der Waals surface area contributed by atoms with E-state index in [1.54, 1.807) is 0 Å². The van der Waals surface area contributed by atoms with E-state index in [4.69, 9.17) is 15.0 Å². The Balaban J connectivity index is 1.05. The van der Waals surface area contributed by atoms with Crippen molar-refractivity contribution in [1.29, 1.82) is 0 Å². The van der Waals surface area contributed by atoms with Gasteiger partial charge in [0, 0.05) is 49.7 Å². The first-order valence-electron chi connectivity index (χ1n) is 21.4. The number of benzene rings is 9. The fourth-order valence-electron chi connectivity index (χ4n) is 9.22. The second-order valence-electron chi connectivity index (χ2n) is 16.0. The molecule has 0 unspecified atom stereocenters. The Labute approximate surface area is 365 Å². The van der Waals surface area contributed by atoms with Gasteiger partial charge in [0.25, 0.3) is 0 Å². The predicted octanol–water partition coefficient (Wildman–Crippen LogP) is 15.3. The van der Waals surface area contributed by atoms with Crippen molar-refractivity contribution in [2.24, 2.45) is 0 Å². The number of para-hydroxylation sites is 2. The number of pyridine rings is 1. The van der Waals surface area contributed by atoms with Crippen molar-refractivity contribution in [1.82, 2.24) is 19.5 Å². The topological polar surface area (TPSA) is 43.6 Å². The molecule has 0 aliphatic carbocycles. The molecule has 12 rings (SSSR count). The van der Waals surface area contributed by atoms with Gasteiger partial charge in [-0.2, -0.15) is 0 Å². The van der Waals surface area contributed by atoms with Gasteiger partial charge in [0.1, 0.15) is 0 Å². The number of rotatable bonds is 7. The monoisotopic (exact) mass is 802 g/mol. The van der Waals surface area contributed by atoms with E-state index in [0.29, 0.717) is 5.82 Å². The predicted molar refractivity (Wildman–Crippen MR) is 262 cm³/mol. The van der Waals surface area contributed by atoms with Crippen molar-refractivity contribution < 1.29 is 0 Å². The smallest absolute Gasteiger partial charge is 0.160 e. The third-order valence-electron chi connectivity index (χ3n) is 12.2. The summed E-state index contributed by atoms with van der Waals surface area (Å²) in [4.78, 5) is 16.1. The highest BCUT2D eigenvalue weighted by molar-refractivity contribution is 6.18. The third-order valence-corrected chi connectivity index (χ3v) is 12.2. The van der Waals surface area contributed by atoms with Crippen LogP contribution in [-0.4, -0.2) is 19.5 Å². The summed E-state index contributed by atoms with van der Waals surface area (Å²) >= 11 is 0. The molecule has 9 aromatic carbocycles. The van der Waals surface area contributed by atoms with Crippen molar-refractivity contribution in [2.45, 2.75) is 0 Å². The standard InChI is InChI=1S/C59H38N4/c1-4-18-39(19-5-1)50-37-52(40-20-6-2-7-21-40)60-58-51(36-43-24-10-11-29-47(43)57(50)58)42-25-16-27-45(34-42)59-61-53(41-22-8-3-9-23-41)38-54(62-59)44-26-17-28-46(35-44)63-55-32-14-12-30-48(55)49-31-13-15-33-56(49)63/h1-38H. The Morgan fingerprint density at radius 1 is 0.302 bits per heavy atom. The quantitative estimate of drug-likeness (QED) is 0.151. The lowest BCUT2D eigenvalue weighted by molar-refractivity contribution is 1.16. The maximum atomic E-state index is 5.50. The molecule has 12 aromatic rings. The van der Waals surface area contributed by atoms with Crippen LogP contribution in [0.2, 0.25) is 0 Å². The van der Waals surface area contributed by atoms with Crippen LogP contribution < -0.4 is 0 Å². The zero-order chi connectivity index (χ0) is 41.7. The Morgan fingerprint density at radius 2 is 0.810 bits per heavy atom. The van der Waals surface area contributed by atoms with Gasteiger partial charge in [-0.05, 0) is 76.0 Å². The van der Waals surface area contributed by atoms with E-state index >= 15 is 0 Å². The molecule has 0 saturated carbocycles. The molecule has 0 aliphatic rings. The van der Waals surface area contributed by atoms with Crippen LogP contribution in [0, 0.1) is 0 Å². The molecular formula is C59H38N4. The van der Waals surface area contributed by atoms with Gasteiger partial charge in [-0.3, -0.25) is 0 Å². The third kappa shape index (κ3) is 6.44. The molecule has 0 saturated heterocycles. The molecule has 0 N–H and O–H groups in total. The van der Waals surface area contributed by atoms with Crippen LogP contribution in [0.15, 0.2) is 231 Å². The molecule has 4 nitrogen and oxygen atoms in total. The number of hydrogen-bond acceptors (Lipinski definition) is 3. The minimum atomic E-state index is 0.656. The van der Waals surface area contributed by atoms with Gasteiger partial charge in [-0.1, -0.05) is 182 Å². The summed E-state index contributed by atoms with van der Waals surface area (Å²) in [5.74, 6) is 0.656. The Bertz CT molecular complexity index is 3620. The van der Waals surface area contributed by atoms with E-state index in [0.717, 1.165) is 83.6 Å². The molecule has 0 aliphatic heterocycles. The van der Waals surface area contributed by atoms with Crippen LogP contribution >= 0.6 is 0 Å². The van der Waals surface area contributed by atoms with Gasteiger partial charge in [0.2, 0.25) is 0 Å². The van der Waals surface area contributed by atoms with Crippen LogP contribution in [0.3, 0.4) is 0 Å². The molecule has 0 radical (unpaired) electrons. The minimum absolute atomic E-state index is 0.656. The Kier molecular flexibility index (Phi) is 8.79. The summed E-state index contributed by atoms with van der Waals surface area (Å²) in [6, 6.07) is 81.5. The van der Waals surface area contributed by atoms with Gasteiger partial charge in [-0.25, -0.2) is 15.0 Å². The first-order chi connectivity index (χ1) is 31.2. The van der Waals surface area contributed by atoms with Crippen LogP contribution in [-0.2, 0) is 0 Å². The molecular weight excluding hydrogens is 765 g/mol. The lowest BCUT2D eigenvalue weighted by atomic mass is 9.90. The average molecular weight is 803 g/mol. The van der Waals surface area contributed by atoms with E-state index in [-0.39, 0.29) is 0 Å². The van der Waals surface area contributed by atoms with Crippen molar-refractivity contribution in [3.8, 4) is 73.1 Å². The Hall–Kier alpha value is -8.47. The molecule has 3 aromatic heterocycles. The lowest BCUT2D eigenvalue weighted by Gasteiger charge is -2.17. The zero-order valence-corrected chi connectivity index (χ0v) is 34.2. The van der Waals surface area contributed by atoms with Gasteiger partial charge >= 0.3 is 0 Å². The number of nitrogens with zero attached hydrogens (tertiary/aromatic N) is 4. The Morgan fingerprint density at radius 3 is 1.49 bits per heavy atom. The fraction of sp³-hybridized carbons (Fsp3) is 0. The summed E-state index contributed by atoms with van der Waals surface area (Å²) in [6.45, 7) is 0. The molecule has 63 heavy (non-hydrogen) atoms. The largest absolute Gasteiger partial charge is 0.309 e. The van der Waals surface area contributed by atoms with Crippen molar-refractivity contribution >= 4 is 43.5 Å². The second kappa shape index (κ2) is 15.2. The summed E-state index contributed by atoms with van der Waals surface area (Å²) in [5.41, 5.74) is 15.5. The molecule has 0 atom stereocenters. The van der Waals surface area contributed by atoms with Crippen LogP contribution in [0.1, 0.15) is 0 Å². The molecule has 294 valence electrons. The van der Waals surface area contributed by atoms with E-state index in [9.17, 15) is 0 Å². The van der Waals surface area contributed by atoms with E-state index < -0.39 is 0 Å². The highest BCUT2D eigenvalue weighted by Crippen LogP contribution is 2.42. The summed E-state index contributed by atoms with van der Waals surface area (Å²) < 4.78 is 2.35. The lowest BCUT2D eigenvalue weighted by Crippen LogP contribution is -1.98. The van der Waals surface area contributed by atoms with Gasteiger partial charge in [-0.15, -0.1) is 0 Å². The maximum absolute atomic E-state index is 5.50. The molecule has 0 fully saturated rings. The van der Waals surface area contributed by atoms with Crippen LogP contribution in [0.5, 0.6) is 0 Å². The SMILES string of the molecule is c1ccc(-c2cc(-c3cccc(-n4c5ccccc5c5ccccc54)c3)nc(-c3cccc(-c4cc5ccccc5c5c(-c6ccccc6)cc(-c6ccccc6)nc45)c3)n2)cc1. The molecule has 3 heterocycles. The first-order valence-corrected chi connectivity index (χ1v) is 21.4. The number of aromatic nitrogens is 4. The second-order valence-corrected chi connectivity index (χ2v) is 16.0. The summed E-state index contributed by atoms with van der Waals surface area (Å²) in [7, 11) is 0. The van der Waals surface area contributed by atoms with E-state index in [1.165, 1.54) is 27.2 Å². The van der Waals surface area contributed by atoms with Crippen LogP contribution in [0.25, 0.3) is 117 Å². The van der Waals surface area contributed by atoms with Gasteiger partial charge < -0.3 is 4.57 Å². The highest BCUT2D eigenvalue weighted by atomic mass is 15.0. The molecule has 0 bridgehead atoms. The molecule has 4 heteroatoms. The van der Waals surface area contributed by atoms with Crippen molar-refractivity contribution in [2.75, 3.05) is 0 Å². The average Bonchev–Trinajstić information content (AvgIpc) is 3.71. The minimum Gasteiger partial charge on any atom is -0.309 e. The maximum Gasteiger partial charge on any atom is 0.160 e. The summed E-state index contributed by atoms with van der Waals surface area (Å²) in [6.07, 6.45) is 0. The number of hydrogen-bond donors (Lipinski definition) is 0. The normalized spacial score (nSPS) is 11.5. The zero-order valence-electron chi connectivity index (χ0n) is 34.2. The van der Waals surface area contributed by atoms with E-state index in [2.05, 4.69) is 229 Å². The van der Waals surface area contributed by atoms with Crippen LogP contribution in [0.4, 0.5) is 0 Å². The molecule has 0 spiro atoms.